The number of carboxylic acids is 1. The fraction of sp³-hybridized carbons (Fsp3) is 0.588. The normalized spacial score (nSPS) is 20.2. The summed E-state index contributed by atoms with van der Waals surface area (Å²) in [6.45, 7) is 6.09. The summed E-state index contributed by atoms with van der Waals surface area (Å²) < 4.78 is 0. The van der Waals surface area contributed by atoms with Gasteiger partial charge in [-0.05, 0) is 42.9 Å². The molecule has 1 aromatic carbocycles. The molecule has 20 heavy (non-hydrogen) atoms. The lowest BCUT2D eigenvalue weighted by molar-refractivity contribution is -0.144. The number of piperidine rings is 1. The first-order valence-corrected chi connectivity index (χ1v) is 7.61. The molecule has 0 spiro atoms. The predicted molar refractivity (Wildman–Crippen MR) is 80.7 cm³/mol. The standard InChI is InChI=1S/C17H25NO2/c1-13(2)11-14-6-8-15(9-7-14)12-18-10-4-3-5-16(18)17(19)20/h6-9,13,16H,3-5,10-12H2,1-2H3,(H,19,20). The number of carboxylic acid groups (broad SMARTS) is 1. The Morgan fingerprint density at radius 1 is 1.25 bits per heavy atom. The van der Waals surface area contributed by atoms with Gasteiger partial charge in [-0.2, -0.15) is 0 Å². The van der Waals surface area contributed by atoms with Crippen molar-refractivity contribution in [2.75, 3.05) is 6.54 Å². The molecule has 1 atom stereocenters. The molecule has 0 aromatic heterocycles. The molecule has 0 aliphatic carbocycles. The zero-order valence-corrected chi connectivity index (χ0v) is 12.5. The van der Waals surface area contributed by atoms with Crippen molar-refractivity contribution >= 4 is 5.97 Å². The van der Waals surface area contributed by atoms with Gasteiger partial charge in [0.25, 0.3) is 0 Å². The third kappa shape index (κ3) is 4.07. The maximum atomic E-state index is 11.3. The molecule has 0 saturated carbocycles. The molecule has 1 aliphatic heterocycles. The van der Waals surface area contributed by atoms with E-state index in [-0.39, 0.29) is 6.04 Å². The lowest BCUT2D eigenvalue weighted by Crippen LogP contribution is -2.43. The Morgan fingerprint density at radius 2 is 1.90 bits per heavy atom. The second-order valence-corrected chi connectivity index (χ2v) is 6.23. The van der Waals surface area contributed by atoms with Crippen LogP contribution in [-0.2, 0) is 17.8 Å². The summed E-state index contributed by atoms with van der Waals surface area (Å²) in [5, 5.41) is 9.29. The number of hydrogen-bond acceptors (Lipinski definition) is 2. The van der Waals surface area contributed by atoms with Gasteiger partial charge in [0.05, 0.1) is 0 Å². The fourth-order valence-corrected chi connectivity index (χ4v) is 2.95. The van der Waals surface area contributed by atoms with Crippen molar-refractivity contribution < 1.29 is 9.90 Å². The second-order valence-electron chi connectivity index (χ2n) is 6.23. The zero-order chi connectivity index (χ0) is 14.5. The second kappa shape index (κ2) is 6.89. The SMILES string of the molecule is CC(C)Cc1ccc(CN2CCCCC2C(=O)O)cc1. The smallest absolute Gasteiger partial charge is 0.320 e. The van der Waals surface area contributed by atoms with Gasteiger partial charge in [-0.15, -0.1) is 0 Å². The van der Waals surface area contributed by atoms with Crippen LogP contribution in [0.1, 0.15) is 44.2 Å². The highest BCUT2D eigenvalue weighted by molar-refractivity contribution is 5.73. The number of carbonyl (C=O) groups is 1. The molecule has 1 fully saturated rings. The van der Waals surface area contributed by atoms with Gasteiger partial charge in [0.15, 0.2) is 0 Å². The van der Waals surface area contributed by atoms with Crippen LogP contribution in [0.4, 0.5) is 0 Å². The Labute approximate surface area is 121 Å². The first kappa shape index (κ1) is 15.0. The summed E-state index contributed by atoms with van der Waals surface area (Å²) in [6, 6.07) is 8.33. The number of aliphatic carboxylic acids is 1. The molecule has 110 valence electrons. The molecular formula is C17H25NO2. The number of benzene rings is 1. The van der Waals surface area contributed by atoms with Crippen LogP contribution in [0.15, 0.2) is 24.3 Å². The van der Waals surface area contributed by atoms with E-state index in [1.54, 1.807) is 0 Å². The minimum absolute atomic E-state index is 0.306. The van der Waals surface area contributed by atoms with Crippen LogP contribution in [0.2, 0.25) is 0 Å². The average Bonchev–Trinajstić information content (AvgIpc) is 2.41. The van der Waals surface area contributed by atoms with Crippen molar-refractivity contribution in [3.63, 3.8) is 0 Å². The molecule has 1 aromatic rings. The summed E-state index contributed by atoms with van der Waals surface area (Å²) in [4.78, 5) is 13.4. The van der Waals surface area contributed by atoms with Crippen molar-refractivity contribution in [3.8, 4) is 0 Å². The molecule has 1 unspecified atom stereocenters. The van der Waals surface area contributed by atoms with E-state index in [2.05, 4.69) is 43.0 Å². The van der Waals surface area contributed by atoms with Gasteiger partial charge in [-0.1, -0.05) is 44.5 Å². The van der Waals surface area contributed by atoms with Crippen LogP contribution in [0.3, 0.4) is 0 Å². The van der Waals surface area contributed by atoms with Crippen LogP contribution in [-0.4, -0.2) is 28.6 Å². The summed E-state index contributed by atoms with van der Waals surface area (Å²) in [5.74, 6) is -0.0135. The molecule has 1 N–H and O–H groups in total. The summed E-state index contributed by atoms with van der Waals surface area (Å²) in [6.07, 6.45) is 4.01. The Hall–Kier alpha value is -1.35. The van der Waals surface area contributed by atoms with Crippen LogP contribution < -0.4 is 0 Å². The third-order valence-electron chi connectivity index (χ3n) is 3.95. The van der Waals surface area contributed by atoms with Gasteiger partial charge in [0, 0.05) is 6.54 Å². The van der Waals surface area contributed by atoms with Gasteiger partial charge >= 0.3 is 5.97 Å². The van der Waals surface area contributed by atoms with Crippen LogP contribution in [0.25, 0.3) is 0 Å². The first-order chi connectivity index (χ1) is 9.56. The van der Waals surface area contributed by atoms with E-state index >= 15 is 0 Å². The molecule has 3 heteroatoms. The average molecular weight is 275 g/mol. The van der Waals surface area contributed by atoms with Crippen molar-refractivity contribution in [3.05, 3.63) is 35.4 Å². The highest BCUT2D eigenvalue weighted by Gasteiger charge is 2.28. The van der Waals surface area contributed by atoms with Gasteiger partial charge < -0.3 is 5.11 Å². The Bertz CT molecular complexity index is 439. The minimum atomic E-state index is -0.680. The molecule has 3 nitrogen and oxygen atoms in total. The highest BCUT2D eigenvalue weighted by atomic mass is 16.4. The van der Waals surface area contributed by atoms with Crippen molar-refractivity contribution in [1.29, 1.82) is 0 Å². The van der Waals surface area contributed by atoms with Gasteiger partial charge in [0.2, 0.25) is 0 Å². The molecule has 0 bridgehead atoms. The third-order valence-corrected chi connectivity index (χ3v) is 3.95. The quantitative estimate of drug-likeness (QED) is 0.896. The van der Waals surface area contributed by atoms with E-state index in [0.29, 0.717) is 5.92 Å². The fourth-order valence-electron chi connectivity index (χ4n) is 2.95. The summed E-state index contributed by atoms with van der Waals surface area (Å²) >= 11 is 0. The maximum Gasteiger partial charge on any atom is 0.320 e. The number of likely N-dealkylation sites (tertiary alicyclic amines) is 1. The van der Waals surface area contributed by atoms with Crippen LogP contribution in [0.5, 0.6) is 0 Å². The van der Waals surface area contributed by atoms with Crippen molar-refractivity contribution in [1.82, 2.24) is 4.90 Å². The molecule has 0 amide bonds. The minimum Gasteiger partial charge on any atom is -0.480 e. The Balaban J connectivity index is 1.99. The van der Waals surface area contributed by atoms with Crippen molar-refractivity contribution in [2.24, 2.45) is 5.92 Å². The topological polar surface area (TPSA) is 40.5 Å². The van der Waals surface area contributed by atoms with E-state index in [4.69, 9.17) is 0 Å². The largest absolute Gasteiger partial charge is 0.480 e. The molecule has 1 saturated heterocycles. The Kier molecular flexibility index (Phi) is 5.18. The predicted octanol–water partition coefficient (Wildman–Crippen LogP) is 3.32. The molecule has 1 heterocycles. The van der Waals surface area contributed by atoms with E-state index in [9.17, 15) is 9.90 Å². The lowest BCUT2D eigenvalue weighted by atomic mass is 9.99. The monoisotopic (exact) mass is 275 g/mol. The maximum absolute atomic E-state index is 11.3. The summed E-state index contributed by atoms with van der Waals surface area (Å²) in [7, 11) is 0. The molecule has 2 rings (SSSR count). The summed E-state index contributed by atoms with van der Waals surface area (Å²) in [5.41, 5.74) is 2.57. The van der Waals surface area contributed by atoms with Crippen LogP contribution in [0, 0.1) is 5.92 Å². The van der Waals surface area contributed by atoms with Gasteiger partial charge in [-0.25, -0.2) is 0 Å². The lowest BCUT2D eigenvalue weighted by Gasteiger charge is -2.32. The van der Waals surface area contributed by atoms with E-state index in [1.807, 2.05) is 0 Å². The van der Waals surface area contributed by atoms with Crippen LogP contribution >= 0.6 is 0 Å². The first-order valence-electron chi connectivity index (χ1n) is 7.61. The van der Waals surface area contributed by atoms with Gasteiger partial charge in [-0.3, -0.25) is 9.69 Å². The zero-order valence-electron chi connectivity index (χ0n) is 12.5. The van der Waals surface area contributed by atoms with E-state index in [1.165, 1.54) is 11.1 Å². The van der Waals surface area contributed by atoms with E-state index < -0.39 is 5.97 Å². The number of nitrogens with zero attached hydrogens (tertiary/aromatic N) is 1. The number of rotatable bonds is 5. The van der Waals surface area contributed by atoms with Gasteiger partial charge in [0.1, 0.15) is 6.04 Å². The molecule has 1 aliphatic rings. The van der Waals surface area contributed by atoms with Crippen molar-refractivity contribution in [2.45, 2.75) is 52.1 Å². The Morgan fingerprint density at radius 3 is 2.50 bits per heavy atom. The highest BCUT2D eigenvalue weighted by Crippen LogP contribution is 2.20. The molecular weight excluding hydrogens is 250 g/mol. The molecule has 0 radical (unpaired) electrons. The van der Waals surface area contributed by atoms with E-state index in [0.717, 1.165) is 38.8 Å². The number of hydrogen-bond donors (Lipinski definition) is 1.